The lowest BCUT2D eigenvalue weighted by Gasteiger charge is -2.07. The van der Waals surface area contributed by atoms with Crippen LogP contribution in [0.3, 0.4) is 0 Å². The fourth-order valence-electron chi connectivity index (χ4n) is 3.09. The van der Waals surface area contributed by atoms with Crippen LogP contribution >= 0.6 is 0 Å². The summed E-state index contributed by atoms with van der Waals surface area (Å²) < 4.78 is 0. The molecule has 0 radical (unpaired) electrons. The first kappa shape index (κ1) is 9.55. The van der Waals surface area contributed by atoms with Gasteiger partial charge in [0, 0.05) is 0 Å². The highest BCUT2D eigenvalue weighted by Crippen LogP contribution is 2.48. The average Bonchev–Trinajstić information content (AvgIpc) is 2.62. The third-order valence-corrected chi connectivity index (χ3v) is 4.11. The Morgan fingerprint density at radius 1 is 1.08 bits per heavy atom. The minimum absolute atomic E-state index is 1.14. The van der Waals surface area contributed by atoms with Crippen molar-refractivity contribution in [2.75, 3.05) is 0 Å². The molecule has 0 amide bonds. The van der Waals surface area contributed by atoms with Gasteiger partial charge in [-0.05, 0) is 30.6 Å². The quantitative estimate of drug-likeness (QED) is 0.588. The molecule has 2 rings (SSSR count). The summed E-state index contributed by atoms with van der Waals surface area (Å²) in [5.41, 5.74) is 0. The molecule has 0 heteroatoms. The fourth-order valence-corrected chi connectivity index (χ4v) is 3.09. The summed E-state index contributed by atoms with van der Waals surface area (Å²) in [6.07, 6.45) is 13.7. The van der Waals surface area contributed by atoms with Crippen LogP contribution in [0.15, 0.2) is 0 Å². The maximum Gasteiger partial charge on any atom is -0.0380 e. The summed E-state index contributed by atoms with van der Waals surface area (Å²) in [6.45, 7) is 2.31. The summed E-state index contributed by atoms with van der Waals surface area (Å²) in [4.78, 5) is 0. The third kappa shape index (κ3) is 2.72. The van der Waals surface area contributed by atoms with Crippen molar-refractivity contribution in [1.29, 1.82) is 0 Å². The Morgan fingerprint density at radius 2 is 1.85 bits per heavy atom. The predicted octanol–water partition coefficient (Wildman–Crippen LogP) is 4.39. The van der Waals surface area contributed by atoms with Gasteiger partial charge < -0.3 is 0 Å². The summed E-state index contributed by atoms with van der Waals surface area (Å²) in [6, 6.07) is 0. The van der Waals surface area contributed by atoms with Crippen LogP contribution in [-0.2, 0) is 0 Å². The van der Waals surface area contributed by atoms with E-state index in [2.05, 4.69) is 6.92 Å². The predicted molar refractivity (Wildman–Crippen MR) is 57.7 cm³/mol. The lowest BCUT2D eigenvalue weighted by atomic mass is 9.99. The van der Waals surface area contributed by atoms with E-state index in [1.807, 2.05) is 0 Å². The van der Waals surface area contributed by atoms with Crippen LogP contribution in [0.1, 0.15) is 64.7 Å². The highest BCUT2D eigenvalue weighted by Gasteiger charge is 2.37. The summed E-state index contributed by atoms with van der Waals surface area (Å²) >= 11 is 0. The van der Waals surface area contributed by atoms with Gasteiger partial charge in [-0.25, -0.2) is 0 Å². The second kappa shape index (κ2) is 4.48. The first-order valence-corrected chi connectivity index (χ1v) is 6.40. The Bertz CT molecular complexity index is 144. The molecule has 2 atom stereocenters. The SMILES string of the molecule is CCCCC1CC1CC1CCCC1. The molecule has 0 heterocycles. The zero-order chi connectivity index (χ0) is 9.10. The van der Waals surface area contributed by atoms with Crippen LogP contribution in [0.5, 0.6) is 0 Å². The fraction of sp³-hybridized carbons (Fsp3) is 1.00. The first-order valence-electron chi connectivity index (χ1n) is 6.40. The number of hydrogen-bond acceptors (Lipinski definition) is 0. The van der Waals surface area contributed by atoms with Gasteiger partial charge in [-0.2, -0.15) is 0 Å². The summed E-state index contributed by atoms with van der Waals surface area (Å²) in [7, 11) is 0. The van der Waals surface area contributed by atoms with Gasteiger partial charge >= 0.3 is 0 Å². The van der Waals surface area contributed by atoms with Crippen LogP contribution in [-0.4, -0.2) is 0 Å². The van der Waals surface area contributed by atoms with E-state index in [9.17, 15) is 0 Å². The van der Waals surface area contributed by atoms with Crippen LogP contribution in [0.25, 0.3) is 0 Å². The molecule has 2 saturated carbocycles. The molecule has 76 valence electrons. The standard InChI is InChI=1S/C13H24/c1-2-3-8-12-10-13(12)9-11-6-4-5-7-11/h11-13H,2-10H2,1H3. The first-order chi connectivity index (χ1) is 6.40. The number of rotatable bonds is 5. The molecule has 0 aromatic heterocycles. The van der Waals surface area contributed by atoms with Crippen molar-refractivity contribution in [2.45, 2.75) is 64.7 Å². The molecule has 0 saturated heterocycles. The molecule has 2 fully saturated rings. The molecule has 0 nitrogen and oxygen atoms in total. The molecule has 2 unspecified atom stereocenters. The van der Waals surface area contributed by atoms with E-state index in [0.29, 0.717) is 0 Å². The van der Waals surface area contributed by atoms with Gasteiger partial charge in [0.05, 0.1) is 0 Å². The van der Waals surface area contributed by atoms with Crippen molar-refractivity contribution in [3.63, 3.8) is 0 Å². The van der Waals surface area contributed by atoms with Gasteiger partial charge in [-0.1, -0.05) is 51.9 Å². The molecule has 0 spiro atoms. The molecule has 13 heavy (non-hydrogen) atoms. The molecule has 0 bridgehead atoms. The van der Waals surface area contributed by atoms with E-state index >= 15 is 0 Å². The van der Waals surface area contributed by atoms with E-state index in [1.165, 1.54) is 32.1 Å². The van der Waals surface area contributed by atoms with Crippen molar-refractivity contribution in [3.8, 4) is 0 Å². The average molecular weight is 180 g/mol. The molecular formula is C13H24. The summed E-state index contributed by atoms with van der Waals surface area (Å²) in [5.74, 6) is 3.45. The Kier molecular flexibility index (Phi) is 3.29. The molecule has 0 aromatic rings. The number of unbranched alkanes of at least 4 members (excludes halogenated alkanes) is 1. The second-order valence-corrected chi connectivity index (χ2v) is 5.28. The van der Waals surface area contributed by atoms with Crippen molar-refractivity contribution in [3.05, 3.63) is 0 Å². The molecule has 2 aliphatic rings. The van der Waals surface area contributed by atoms with Crippen molar-refractivity contribution in [1.82, 2.24) is 0 Å². The van der Waals surface area contributed by atoms with Crippen LogP contribution in [0.4, 0.5) is 0 Å². The Balaban J connectivity index is 1.57. The summed E-state index contributed by atoms with van der Waals surface area (Å²) in [5, 5.41) is 0. The van der Waals surface area contributed by atoms with Gasteiger partial charge in [-0.15, -0.1) is 0 Å². The van der Waals surface area contributed by atoms with E-state index < -0.39 is 0 Å². The smallest absolute Gasteiger partial charge is 0.0380 e. The van der Waals surface area contributed by atoms with Gasteiger partial charge in [0.25, 0.3) is 0 Å². The van der Waals surface area contributed by atoms with Gasteiger partial charge in [-0.3, -0.25) is 0 Å². The van der Waals surface area contributed by atoms with E-state index in [4.69, 9.17) is 0 Å². The van der Waals surface area contributed by atoms with Crippen molar-refractivity contribution < 1.29 is 0 Å². The van der Waals surface area contributed by atoms with Crippen LogP contribution < -0.4 is 0 Å². The Hall–Kier alpha value is 0. The highest BCUT2D eigenvalue weighted by molar-refractivity contribution is 4.88. The molecule has 0 N–H and O–H groups in total. The minimum atomic E-state index is 1.14. The number of hydrogen-bond donors (Lipinski definition) is 0. The lowest BCUT2D eigenvalue weighted by molar-refractivity contribution is 0.444. The maximum atomic E-state index is 2.31. The minimum Gasteiger partial charge on any atom is -0.0654 e. The third-order valence-electron chi connectivity index (χ3n) is 4.11. The molecule has 2 aliphatic carbocycles. The van der Waals surface area contributed by atoms with Crippen LogP contribution in [0, 0.1) is 17.8 Å². The van der Waals surface area contributed by atoms with E-state index in [0.717, 1.165) is 17.8 Å². The lowest BCUT2D eigenvalue weighted by Crippen LogP contribution is -1.95. The Morgan fingerprint density at radius 3 is 2.54 bits per heavy atom. The molecule has 0 aromatic carbocycles. The van der Waals surface area contributed by atoms with E-state index in [-0.39, 0.29) is 0 Å². The van der Waals surface area contributed by atoms with Crippen LogP contribution in [0.2, 0.25) is 0 Å². The normalized spacial score (nSPS) is 33.9. The second-order valence-electron chi connectivity index (χ2n) is 5.28. The molecule has 0 aliphatic heterocycles. The zero-order valence-corrected chi connectivity index (χ0v) is 9.10. The maximum absolute atomic E-state index is 2.31. The Labute approximate surface area is 83.1 Å². The van der Waals surface area contributed by atoms with Gasteiger partial charge in [0.1, 0.15) is 0 Å². The topological polar surface area (TPSA) is 0 Å². The van der Waals surface area contributed by atoms with Crippen molar-refractivity contribution in [2.24, 2.45) is 17.8 Å². The highest BCUT2D eigenvalue weighted by atomic mass is 14.4. The van der Waals surface area contributed by atoms with Gasteiger partial charge in [0.2, 0.25) is 0 Å². The van der Waals surface area contributed by atoms with E-state index in [1.54, 1.807) is 25.7 Å². The zero-order valence-electron chi connectivity index (χ0n) is 9.10. The van der Waals surface area contributed by atoms with Crippen molar-refractivity contribution >= 4 is 0 Å². The monoisotopic (exact) mass is 180 g/mol. The largest absolute Gasteiger partial charge is 0.0654 e. The van der Waals surface area contributed by atoms with Gasteiger partial charge in [0.15, 0.2) is 0 Å². The molecular weight excluding hydrogens is 156 g/mol.